The molecule has 0 saturated heterocycles. The topological polar surface area (TPSA) is 55.1 Å². The fourth-order valence-electron chi connectivity index (χ4n) is 1.74. The van der Waals surface area contributed by atoms with Gasteiger partial charge in [-0.15, -0.1) is 0 Å². The number of hydrogen-bond acceptors (Lipinski definition) is 2. The maximum Gasteiger partial charge on any atom is 0.337 e. The highest BCUT2D eigenvalue weighted by atomic mass is 19.1. The molecule has 0 saturated carbocycles. The highest BCUT2D eigenvalue weighted by Crippen LogP contribution is 2.24. The van der Waals surface area contributed by atoms with Crippen molar-refractivity contribution in [2.45, 2.75) is 6.92 Å². The Morgan fingerprint density at radius 1 is 1.53 bits per heavy atom. The van der Waals surface area contributed by atoms with Crippen molar-refractivity contribution >= 4 is 16.9 Å². The summed E-state index contributed by atoms with van der Waals surface area (Å²) in [7, 11) is 1.60. The van der Waals surface area contributed by atoms with Gasteiger partial charge in [0.1, 0.15) is 5.82 Å². The summed E-state index contributed by atoms with van der Waals surface area (Å²) in [6, 6.07) is 2.40. The molecule has 0 aliphatic carbocycles. The molecule has 1 aromatic heterocycles. The second-order valence-electron chi connectivity index (χ2n) is 3.33. The van der Waals surface area contributed by atoms with Crippen LogP contribution in [0, 0.1) is 12.7 Å². The number of hydrogen-bond donors (Lipinski definition) is 1. The van der Waals surface area contributed by atoms with Crippen molar-refractivity contribution in [2.75, 3.05) is 0 Å². The third-order valence-electron chi connectivity index (χ3n) is 2.34. The van der Waals surface area contributed by atoms with Crippen LogP contribution in [-0.4, -0.2) is 20.9 Å². The molecule has 5 heteroatoms. The minimum atomic E-state index is -1.08. The molecule has 2 rings (SSSR count). The summed E-state index contributed by atoms with van der Waals surface area (Å²) in [6.07, 6.45) is 0. The molecule has 0 bridgehead atoms. The molecule has 0 atom stereocenters. The zero-order chi connectivity index (χ0) is 11.2. The highest BCUT2D eigenvalue weighted by Gasteiger charge is 2.17. The van der Waals surface area contributed by atoms with Gasteiger partial charge in [-0.1, -0.05) is 0 Å². The van der Waals surface area contributed by atoms with Crippen LogP contribution in [0.3, 0.4) is 0 Å². The number of nitrogens with zero attached hydrogens (tertiary/aromatic N) is 2. The first-order chi connectivity index (χ1) is 7.02. The molecule has 0 unspecified atom stereocenters. The predicted octanol–water partition coefficient (Wildman–Crippen LogP) is 1.72. The van der Waals surface area contributed by atoms with Crippen LogP contribution in [0.2, 0.25) is 0 Å². The molecule has 0 aliphatic heterocycles. The monoisotopic (exact) mass is 208 g/mol. The largest absolute Gasteiger partial charge is 0.478 e. The van der Waals surface area contributed by atoms with Crippen LogP contribution in [0.15, 0.2) is 12.1 Å². The molecule has 0 amide bonds. The Balaban J connectivity index is 2.98. The molecule has 78 valence electrons. The van der Waals surface area contributed by atoms with E-state index in [1.807, 2.05) is 0 Å². The standard InChI is InChI=1S/C10H9FN2O2/c1-5-8-7(11)4-3-6(10(14)15)9(8)13(2)12-5/h3-4H,1-2H3,(H,14,15). The quantitative estimate of drug-likeness (QED) is 0.776. The van der Waals surface area contributed by atoms with Crippen molar-refractivity contribution in [3.63, 3.8) is 0 Å². The van der Waals surface area contributed by atoms with E-state index in [0.29, 0.717) is 11.2 Å². The third-order valence-corrected chi connectivity index (χ3v) is 2.34. The summed E-state index contributed by atoms with van der Waals surface area (Å²) in [5.74, 6) is -1.52. The molecule has 1 aromatic carbocycles. The summed E-state index contributed by atoms with van der Waals surface area (Å²) in [6.45, 7) is 1.65. The number of benzene rings is 1. The van der Waals surface area contributed by atoms with Crippen molar-refractivity contribution in [2.24, 2.45) is 7.05 Å². The van der Waals surface area contributed by atoms with Gasteiger partial charge in [0.25, 0.3) is 0 Å². The fraction of sp³-hybridized carbons (Fsp3) is 0.200. The highest BCUT2D eigenvalue weighted by molar-refractivity contribution is 6.02. The molecular weight excluding hydrogens is 199 g/mol. The molecule has 4 nitrogen and oxygen atoms in total. The average molecular weight is 208 g/mol. The van der Waals surface area contributed by atoms with Gasteiger partial charge in [0.2, 0.25) is 0 Å². The second kappa shape index (κ2) is 3.05. The third kappa shape index (κ3) is 1.27. The lowest BCUT2D eigenvalue weighted by atomic mass is 10.1. The lowest BCUT2D eigenvalue weighted by Gasteiger charge is -2.00. The van der Waals surface area contributed by atoms with Crippen molar-refractivity contribution in [3.8, 4) is 0 Å². The van der Waals surface area contributed by atoms with E-state index in [4.69, 9.17) is 5.11 Å². The number of rotatable bonds is 1. The first-order valence-corrected chi connectivity index (χ1v) is 4.37. The number of aromatic nitrogens is 2. The summed E-state index contributed by atoms with van der Waals surface area (Å²) in [4.78, 5) is 10.9. The zero-order valence-electron chi connectivity index (χ0n) is 8.28. The van der Waals surface area contributed by atoms with E-state index in [2.05, 4.69) is 5.10 Å². The van der Waals surface area contributed by atoms with Crippen LogP contribution in [0.1, 0.15) is 16.1 Å². The summed E-state index contributed by atoms with van der Waals surface area (Å²) >= 11 is 0. The number of fused-ring (bicyclic) bond motifs is 1. The number of carboxylic acids is 1. The lowest BCUT2D eigenvalue weighted by Crippen LogP contribution is -2.01. The van der Waals surface area contributed by atoms with Gasteiger partial charge in [0.15, 0.2) is 0 Å². The Morgan fingerprint density at radius 2 is 2.20 bits per heavy atom. The van der Waals surface area contributed by atoms with E-state index in [1.165, 1.54) is 10.7 Å². The number of aryl methyl sites for hydroxylation is 2. The minimum Gasteiger partial charge on any atom is -0.478 e. The fourth-order valence-corrected chi connectivity index (χ4v) is 1.74. The van der Waals surface area contributed by atoms with E-state index in [-0.39, 0.29) is 10.9 Å². The van der Waals surface area contributed by atoms with Crippen molar-refractivity contribution in [3.05, 3.63) is 29.2 Å². The van der Waals surface area contributed by atoms with Crippen molar-refractivity contribution in [1.82, 2.24) is 9.78 Å². The summed E-state index contributed by atoms with van der Waals surface area (Å²) < 4.78 is 14.8. The maximum atomic E-state index is 13.5. The van der Waals surface area contributed by atoms with Crippen LogP contribution in [-0.2, 0) is 7.05 Å². The summed E-state index contributed by atoms with van der Waals surface area (Å²) in [5.41, 5.74) is 0.877. The Labute approximate surface area is 84.9 Å². The molecule has 0 aliphatic rings. The van der Waals surface area contributed by atoms with Crippen LogP contribution in [0.25, 0.3) is 10.9 Å². The smallest absolute Gasteiger partial charge is 0.337 e. The van der Waals surface area contributed by atoms with Gasteiger partial charge < -0.3 is 5.11 Å². The van der Waals surface area contributed by atoms with Gasteiger partial charge in [0, 0.05) is 7.05 Å². The average Bonchev–Trinajstić information content (AvgIpc) is 2.43. The van der Waals surface area contributed by atoms with Gasteiger partial charge in [-0.05, 0) is 19.1 Å². The lowest BCUT2D eigenvalue weighted by molar-refractivity contribution is 0.0698. The first-order valence-electron chi connectivity index (χ1n) is 4.37. The maximum absolute atomic E-state index is 13.5. The molecule has 1 N–H and O–H groups in total. The van der Waals surface area contributed by atoms with Crippen LogP contribution < -0.4 is 0 Å². The molecule has 0 spiro atoms. The zero-order valence-corrected chi connectivity index (χ0v) is 8.28. The number of halogens is 1. The van der Waals surface area contributed by atoms with Gasteiger partial charge in [-0.2, -0.15) is 5.10 Å². The summed E-state index contributed by atoms with van der Waals surface area (Å²) in [5, 5.41) is 13.2. The molecule has 1 heterocycles. The van der Waals surface area contributed by atoms with E-state index >= 15 is 0 Å². The molecule has 0 fully saturated rings. The number of aromatic carboxylic acids is 1. The Hall–Kier alpha value is -1.91. The van der Waals surface area contributed by atoms with Crippen LogP contribution >= 0.6 is 0 Å². The van der Waals surface area contributed by atoms with Crippen LogP contribution in [0.5, 0.6) is 0 Å². The minimum absolute atomic E-state index is 0.0644. The van der Waals surface area contributed by atoms with E-state index in [9.17, 15) is 9.18 Å². The van der Waals surface area contributed by atoms with Crippen molar-refractivity contribution in [1.29, 1.82) is 0 Å². The molecule has 15 heavy (non-hydrogen) atoms. The molecule has 0 radical (unpaired) electrons. The second-order valence-corrected chi connectivity index (χ2v) is 3.33. The number of carboxylic acid groups (broad SMARTS) is 1. The van der Waals surface area contributed by atoms with Gasteiger partial charge >= 0.3 is 5.97 Å². The van der Waals surface area contributed by atoms with E-state index in [1.54, 1.807) is 14.0 Å². The van der Waals surface area contributed by atoms with Crippen LogP contribution in [0.4, 0.5) is 4.39 Å². The Kier molecular flexibility index (Phi) is 1.96. The van der Waals surface area contributed by atoms with Gasteiger partial charge in [-0.3, -0.25) is 4.68 Å². The Morgan fingerprint density at radius 3 is 2.80 bits per heavy atom. The van der Waals surface area contributed by atoms with E-state index < -0.39 is 11.8 Å². The van der Waals surface area contributed by atoms with Crippen molar-refractivity contribution < 1.29 is 14.3 Å². The SMILES string of the molecule is Cc1nn(C)c2c(C(=O)O)ccc(F)c12. The van der Waals surface area contributed by atoms with Gasteiger partial charge in [0.05, 0.1) is 22.2 Å². The molecule has 2 aromatic rings. The van der Waals surface area contributed by atoms with E-state index in [0.717, 1.165) is 6.07 Å². The van der Waals surface area contributed by atoms with Gasteiger partial charge in [-0.25, -0.2) is 9.18 Å². The number of carbonyl (C=O) groups is 1. The first kappa shape index (κ1) is 9.64. The predicted molar refractivity (Wildman–Crippen MR) is 52.4 cm³/mol. The molecular formula is C10H9FN2O2. The normalized spacial score (nSPS) is 10.9. The Bertz CT molecular complexity index is 560.